The Kier molecular flexibility index (Phi) is 2.80. The number of amides is 1. The molecule has 0 aliphatic carbocycles. The molecule has 0 atom stereocenters. The second-order valence-corrected chi connectivity index (χ2v) is 3.57. The van der Waals surface area contributed by atoms with E-state index >= 15 is 0 Å². The third-order valence-electron chi connectivity index (χ3n) is 2.01. The van der Waals surface area contributed by atoms with Gasteiger partial charge < -0.3 is 5.11 Å². The maximum atomic E-state index is 10.8. The van der Waals surface area contributed by atoms with Crippen LogP contribution in [0.5, 0.6) is 0 Å². The monoisotopic (exact) mass is 236 g/mol. The van der Waals surface area contributed by atoms with Crippen molar-refractivity contribution in [3.05, 3.63) is 29.6 Å². The maximum absolute atomic E-state index is 10.8. The van der Waals surface area contributed by atoms with Crippen molar-refractivity contribution in [2.75, 3.05) is 5.01 Å². The lowest BCUT2D eigenvalue weighted by atomic mass is 10.1. The van der Waals surface area contributed by atoms with Gasteiger partial charge in [0.2, 0.25) is 0 Å². The van der Waals surface area contributed by atoms with Gasteiger partial charge in [-0.15, -0.1) is 5.10 Å². The van der Waals surface area contributed by atoms with E-state index in [1.807, 2.05) is 0 Å². The van der Waals surface area contributed by atoms with Gasteiger partial charge in [0.1, 0.15) is 5.69 Å². The number of carboxylic acid groups (broad SMARTS) is 1. The minimum Gasteiger partial charge on any atom is -0.464 e. The van der Waals surface area contributed by atoms with E-state index in [9.17, 15) is 4.79 Å². The Balaban J connectivity index is 2.50. The van der Waals surface area contributed by atoms with Gasteiger partial charge >= 0.3 is 6.09 Å². The highest BCUT2D eigenvalue weighted by Gasteiger charge is 2.15. The first-order chi connectivity index (χ1) is 7.70. The molecule has 0 bridgehead atoms. The van der Waals surface area contributed by atoms with Crippen molar-refractivity contribution in [2.45, 2.75) is 0 Å². The molecule has 2 rings (SSSR count). The molecule has 16 heavy (non-hydrogen) atoms. The van der Waals surface area contributed by atoms with Gasteiger partial charge in [0.05, 0.1) is 5.69 Å². The number of nitrogens with zero attached hydrogens (tertiary/aromatic N) is 3. The molecular weight excluding hydrogens is 228 g/mol. The molecule has 0 unspecified atom stereocenters. The highest BCUT2D eigenvalue weighted by atomic mass is 32.1. The number of carbonyl (C=O) groups is 1. The molecule has 3 N–H and O–H groups in total. The van der Waals surface area contributed by atoms with E-state index in [0.717, 1.165) is 0 Å². The third-order valence-corrected chi connectivity index (χ3v) is 2.51. The zero-order chi connectivity index (χ0) is 11.5. The van der Waals surface area contributed by atoms with E-state index in [1.54, 1.807) is 29.6 Å². The molecule has 82 valence electrons. The molecular formula is C9H8N4O2S. The summed E-state index contributed by atoms with van der Waals surface area (Å²) in [7, 11) is 0. The van der Waals surface area contributed by atoms with Crippen LogP contribution in [0.25, 0.3) is 11.3 Å². The summed E-state index contributed by atoms with van der Waals surface area (Å²) >= 11 is 1.20. The second kappa shape index (κ2) is 4.25. The Morgan fingerprint density at radius 3 is 2.81 bits per heavy atom. The van der Waals surface area contributed by atoms with Gasteiger partial charge in [0, 0.05) is 10.9 Å². The molecule has 0 saturated carbocycles. The number of para-hydroxylation sites is 1. The molecule has 0 fully saturated rings. The lowest BCUT2D eigenvalue weighted by molar-refractivity contribution is 0.202. The number of hydrogen-bond donors (Lipinski definition) is 2. The standard InChI is InChI=1S/C9H8N4O2S/c10-13(9(14)15)8-4-2-1-3-6(8)7-5-16-12-11-7/h1-5H,10H2,(H,14,15). The molecule has 1 aromatic carbocycles. The number of hydrazine groups is 1. The van der Waals surface area contributed by atoms with Crippen LogP contribution in [0.3, 0.4) is 0 Å². The molecule has 0 aliphatic heterocycles. The van der Waals surface area contributed by atoms with Crippen molar-refractivity contribution in [1.82, 2.24) is 9.59 Å². The van der Waals surface area contributed by atoms with Crippen LogP contribution in [0, 0.1) is 0 Å². The van der Waals surface area contributed by atoms with Crippen LogP contribution >= 0.6 is 11.5 Å². The minimum absolute atomic E-state index is 0.378. The lowest BCUT2D eigenvalue weighted by Gasteiger charge is -2.15. The van der Waals surface area contributed by atoms with Crippen molar-refractivity contribution < 1.29 is 9.90 Å². The molecule has 2 aromatic rings. The fourth-order valence-corrected chi connectivity index (χ4v) is 1.74. The summed E-state index contributed by atoms with van der Waals surface area (Å²) in [5.74, 6) is 5.43. The Morgan fingerprint density at radius 2 is 2.19 bits per heavy atom. The van der Waals surface area contributed by atoms with Crippen LogP contribution in [-0.4, -0.2) is 20.8 Å². The highest BCUT2D eigenvalue weighted by Crippen LogP contribution is 2.28. The van der Waals surface area contributed by atoms with Crippen LogP contribution in [0.2, 0.25) is 0 Å². The summed E-state index contributed by atoms with van der Waals surface area (Å²) in [5.41, 5.74) is 1.63. The van der Waals surface area contributed by atoms with Gasteiger partial charge in [-0.2, -0.15) is 0 Å². The normalized spacial score (nSPS) is 10.1. The van der Waals surface area contributed by atoms with Gasteiger partial charge in [-0.25, -0.2) is 15.6 Å². The number of benzene rings is 1. The first-order valence-electron chi connectivity index (χ1n) is 4.34. The van der Waals surface area contributed by atoms with Gasteiger partial charge in [-0.3, -0.25) is 0 Å². The van der Waals surface area contributed by atoms with Gasteiger partial charge in [-0.05, 0) is 17.6 Å². The van der Waals surface area contributed by atoms with E-state index in [-0.39, 0.29) is 0 Å². The Bertz CT molecular complexity index is 500. The van der Waals surface area contributed by atoms with Crippen molar-refractivity contribution in [3.8, 4) is 11.3 Å². The first kappa shape index (κ1) is 10.5. The summed E-state index contributed by atoms with van der Waals surface area (Å²) in [5, 5.41) is 15.1. The Hall–Kier alpha value is -1.99. The minimum atomic E-state index is -1.23. The summed E-state index contributed by atoms with van der Waals surface area (Å²) < 4.78 is 3.73. The summed E-state index contributed by atoms with van der Waals surface area (Å²) in [6.07, 6.45) is -1.23. The molecule has 0 saturated heterocycles. The summed E-state index contributed by atoms with van der Waals surface area (Å²) in [6, 6.07) is 6.85. The van der Waals surface area contributed by atoms with Crippen LogP contribution < -0.4 is 10.9 Å². The summed E-state index contributed by atoms with van der Waals surface area (Å²) in [6.45, 7) is 0. The number of anilines is 1. The van der Waals surface area contributed by atoms with Crippen LogP contribution in [-0.2, 0) is 0 Å². The average Bonchev–Trinajstić information content (AvgIpc) is 2.81. The second-order valence-electron chi connectivity index (χ2n) is 2.96. The zero-order valence-electron chi connectivity index (χ0n) is 8.07. The number of aromatic nitrogens is 2. The van der Waals surface area contributed by atoms with Crippen molar-refractivity contribution in [3.63, 3.8) is 0 Å². The van der Waals surface area contributed by atoms with Gasteiger partial charge in [0.25, 0.3) is 0 Å². The first-order valence-corrected chi connectivity index (χ1v) is 5.18. The predicted octanol–water partition coefficient (Wildman–Crippen LogP) is 1.56. The molecule has 1 heterocycles. The quantitative estimate of drug-likeness (QED) is 0.469. The SMILES string of the molecule is NN(C(=O)O)c1ccccc1-c1csnn1. The van der Waals surface area contributed by atoms with Crippen molar-refractivity contribution in [2.24, 2.45) is 5.84 Å². The van der Waals surface area contributed by atoms with Crippen molar-refractivity contribution >= 4 is 23.3 Å². The molecule has 0 aliphatic rings. The molecule has 1 amide bonds. The van der Waals surface area contributed by atoms with E-state index < -0.39 is 6.09 Å². The Morgan fingerprint density at radius 1 is 1.44 bits per heavy atom. The van der Waals surface area contributed by atoms with E-state index in [0.29, 0.717) is 22.0 Å². The van der Waals surface area contributed by atoms with Gasteiger partial charge in [0.15, 0.2) is 0 Å². The molecule has 6 nitrogen and oxygen atoms in total. The van der Waals surface area contributed by atoms with Crippen LogP contribution in [0.4, 0.5) is 10.5 Å². The summed E-state index contributed by atoms with van der Waals surface area (Å²) in [4.78, 5) is 10.8. The zero-order valence-corrected chi connectivity index (χ0v) is 8.89. The molecule has 7 heteroatoms. The molecule has 0 radical (unpaired) electrons. The third kappa shape index (κ3) is 1.86. The molecule has 1 aromatic heterocycles. The molecule has 0 spiro atoms. The van der Waals surface area contributed by atoms with E-state index in [4.69, 9.17) is 10.9 Å². The average molecular weight is 236 g/mol. The predicted molar refractivity (Wildman–Crippen MR) is 60.0 cm³/mol. The Labute approximate surface area is 95.1 Å². The van der Waals surface area contributed by atoms with E-state index in [1.165, 1.54) is 11.5 Å². The topological polar surface area (TPSA) is 92.3 Å². The van der Waals surface area contributed by atoms with Crippen LogP contribution in [0.1, 0.15) is 0 Å². The number of nitrogens with two attached hydrogens (primary N) is 1. The highest BCUT2D eigenvalue weighted by molar-refractivity contribution is 7.03. The maximum Gasteiger partial charge on any atom is 0.426 e. The number of rotatable bonds is 2. The fourth-order valence-electron chi connectivity index (χ4n) is 1.29. The number of hydrogen-bond acceptors (Lipinski definition) is 5. The largest absolute Gasteiger partial charge is 0.464 e. The van der Waals surface area contributed by atoms with Crippen LogP contribution in [0.15, 0.2) is 29.6 Å². The lowest BCUT2D eigenvalue weighted by Crippen LogP contribution is -2.36. The smallest absolute Gasteiger partial charge is 0.426 e. The van der Waals surface area contributed by atoms with E-state index in [2.05, 4.69) is 9.59 Å². The van der Waals surface area contributed by atoms with Crippen molar-refractivity contribution in [1.29, 1.82) is 0 Å². The van der Waals surface area contributed by atoms with Gasteiger partial charge in [-0.1, -0.05) is 22.7 Å². The fraction of sp³-hybridized carbons (Fsp3) is 0.